The molecule has 1 aromatic heterocycles. The van der Waals surface area contributed by atoms with Crippen molar-refractivity contribution in [1.82, 2.24) is 10.3 Å². The first kappa shape index (κ1) is 25.8. The van der Waals surface area contributed by atoms with E-state index in [9.17, 15) is 10.1 Å². The number of hydrogen-bond acceptors (Lipinski definition) is 5. The molecule has 6 nitrogen and oxygen atoms in total. The van der Waals surface area contributed by atoms with Crippen LogP contribution < -0.4 is 14.8 Å². The average Bonchev–Trinajstić information content (AvgIpc) is 2.85. The molecule has 1 N–H and O–H groups in total. The summed E-state index contributed by atoms with van der Waals surface area (Å²) in [6, 6.07) is 21.2. The van der Waals surface area contributed by atoms with Gasteiger partial charge in [-0.15, -0.1) is 0 Å². The van der Waals surface area contributed by atoms with E-state index in [2.05, 4.69) is 16.4 Å². The molecule has 2 aromatic carbocycles. The Morgan fingerprint density at radius 2 is 1.89 bits per heavy atom. The van der Waals surface area contributed by atoms with Crippen LogP contribution in [0.25, 0.3) is 0 Å². The molecule has 0 aliphatic carbocycles. The molecule has 0 fully saturated rings. The van der Waals surface area contributed by atoms with Crippen LogP contribution in [-0.2, 0) is 11.2 Å². The van der Waals surface area contributed by atoms with Crippen molar-refractivity contribution in [2.24, 2.45) is 0 Å². The van der Waals surface area contributed by atoms with Crippen molar-refractivity contribution in [2.75, 3.05) is 6.61 Å². The molecule has 1 amide bonds. The first-order valence-electron chi connectivity index (χ1n) is 11.9. The van der Waals surface area contributed by atoms with Crippen LogP contribution in [0.3, 0.4) is 0 Å². The molecule has 0 aliphatic heterocycles. The van der Waals surface area contributed by atoms with Crippen LogP contribution in [0.5, 0.6) is 11.6 Å². The summed E-state index contributed by atoms with van der Waals surface area (Å²) < 4.78 is 11.5. The molecule has 2 atom stereocenters. The van der Waals surface area contributed by atoms with Crippen molar-refractivity contribution in [3.05, 3.63) is 89.1 Å². The Balaban J connectivity index is 1.80. The minimum absolute atomic E-state index is 0.0570. The summed E-state index contributed by atoms with van der Waals surface area (Å²) in [5, 5.41) is 12.5. The van der Waals surface area contributed by atoms with Crippen LogP contribution in [0.4, 0.5) is 0 Å². The van der Waals surface area contributed by atoms with E-state index in [1.54, 1.807) is 32.2 Å². The number of nitriles is 1. The fraction of sp³-hybridized carbons (Fsp3) is 0.345. The summed E-state index contributed by atoms with van der Waals surface area (Å²) in [5.74, 6) is 0.930. The molecule has 2 unspecified atom stereocenters. The second kappa shape index (κ2) is 11.5. The summed E-state index contributed by atoms with van der Waals surface area (Å²) in [6.07, 6.45) is 2.39. The number of pyridine rings is 1. The second-order valence-corrected chi connectivity index (χ2v) is 9.17. The van der Waals surface area contributed by atoms with Gasteiger partial charge in [0.15, 0.2) is 5.60 Å². The van der Waals surface area contributed by atoms with E-state index in [1.165, 1.54) is 0 Å². The molecule has 0 bridgehead atoms. The first-order valence-corrected chi connectivity index (χ1v) is 11.9. The predicted octanol–water partition coefficient (Wildman–Crippen LogP) is 5.35. The first-order chi connectivity index (χ1) is 16.7. The van der Waals surface area contributed by atoms with Crippen LogP contribution in [0.15, 0.2) is 66.9 Å². The third kappa shape index (κ3) is 7.07. The number of ether oxygens (including phenoxy) is 2. The Kier molecular flexibility index (Phi) is 8.48. The van der Waals surface area contributed by atoms with Gasteiger partial charge >= 0.3 is 0 Å². The zero-order chi connectivity index (χ0) is 25.4. The van der Waals surface area contributed by atoms with Crippen LogP contribution in [0, 0.1) is 18.3 Å². The molecule has 0 saturated heterocycles. The summed E-state index contributed by atoms with van der Waals surface area (Å²) in [5.41, 5.74) is 2.59. The zero-order valence-electron chi connectivity index (χ0n) is 21.0. The fourth-order valence-electron chi connectivity index (χ4n) is 3.87. The number of carbonyl (C=O) groups excluding carboxylic acids is 1. The van der Waals surface area contributed by atoms with Gasteiger partial charge in [-0.3, -0.25) is 4.79 Å². The van der Waals surface area contributed by atoms with Crippen molar-refractivity contribution in [2.45, 2.75) is 58.6 Å². The Bertz CT molecular complexity index is 1170. The van der Waals surface area contributed by atoms with E-state index in [1.807, 2.05) is 69.3 Å². The van der Waals surface area contributed by atoms with Gasteiger partial charge in [0.1, 0.15) is 5.75 Å². The highest BCUT2D eigenvalue weighted by atomic mass is 16.5. The van der Waals surface area contributed by atoms with Crippen molar-refractivity contribution >= 4 is 5.91 Å². The van der Waals surface area contributed by atoms with Gasteiger partial charge in [0, 0.05) is 24.2 Å². The van der Waals surface area contributed by atoms with E-state index in [0.717, 1.165) is 22.4 Å². The van der Waals surface area contributed by atoms with Crippen LogP contribution in [0.2, 0.25) is 0 Å². The van der Waals surface area contributed by atoms with E-state index in [0.29, 0.717) is 24.5 Å². The molecule has 0 aliphatic rings. The molecule has 1 heterocycles. The number of nitrogens with zero attached hydrogens (tertiary/aromatic N) is 2. The molecular formula is C29H33N3O3. The number of aromatic nitrogens is 1. The van der Waals surface area contributed by atoms with Gasteiger partial charge in [0.2, 0.25) is 5.88 Å². The third-order valence-electron chi connectivity index (χ3n) is 5.89. The van der Waals surface area contributed by atoms with Gasteiger partial charge < -0.3 is 14.8 Å². The number of aryl methyl sites for hydroxylation is 1. The molecular weight excluding hydrogens is 438 g/mol. The number of hydrogen-bond donors (Lipinski definition) is 1. The van der Waals surface area contributed by atoms with Gasteiger partial charge in [0.25, 0.3) is 5.91 Å². The molecule has 35 heavy (non-hydrogen) atoms. The predicted molar refractivity (Wildman–Crippen MR) is 136 cm³/mol. The minimum Gasteiger partial charge on any atom is -0.494 e. The molecule has 0 radical (unpaired) electrons. The molecule has 3 rings (SSSR count). The van der Waals surface area contributed by atoms with Crippen LogP contribution in [0.1, 0.15) is 55.9 Å². The Labute approximate surface area is 207 Å². The molecule has 182 valence electrons. The zero-order valence-corrected chi connectivity index (χ0v) is 21.0. The lowest BCUT2D eigenvalue weighted by atomic mass is 9.85. The van der Waals surface area contributed by atoms with Gasteiger partial charge in [0.05, 0.1) is 18.2 Å². The normalized spacial score (nSPS) is 12.8. The van der Waals surface area contributed by atoms with Crippen molar-refractivity contribution in [3.8, 4) is 17.7 Å². The maximum atomic E-state index is 13.2. The lowest BCUT2D eigenvalue weighted by Gasteiger charge is -2.30. The van der Waals surface area contributed by atoms with Gasteiger partial charge in [-0.05, 0) is 82.0 Å². The number of nitrogens with one attached hydrogen (secondary N) is 1. The Morgan fingerprint density at radius 3 is 2.51 bits per heavy atom. The highest BCUT2D eigenvalue weighted by Crippen LogP contribution is 2.27. The monoisotopic (exact) mass is 471 g/mol. The number of benzene rings is 2. The molecule has 3 aromatic rings. The van der Waals surface area contributed by atoms with Crippen LogP contribution >= 0.6 is 0 Å². The summed E-state index contributed by atoms with van der Waals surface area (Å²) in [4.78, 5) is 17.5. The smallest absolute Gasteiger partial charge is 0.263 e. The molecule has 6 heteroatoms. The lowest BCUT2D eigenvalue weighted by molar-refractivity contribution is -0.135. The van der Waals surface area contributed by atoms with Crippen molar-refractivity contribution < 1.29 is 14.3 Å². The quantitative estimate of drug-likeness (QED) is 0.431. The van der Waals surface area contributed by atoms with Gasteiger partial charge in [-0.2, -0.15) is 5.26 Å². The Morgan fingerprint density at radius 1 is 1.14 bits per heavy atom. The summed E-state index contributed by atoms with van der Waals surface area (Å²) in [6.45, 7) is 9.96. The second-order valence-electron chi connectivity index (χ2n) is 9.17. The van der Waals surface area contributed by atoms with Gasteiger partial charge in [-0.25, -0.2) is 4.98 Å². The topological polar surface area (TPSA) is 84.2 Å². The number of rotatable bonds is 10. The maximum absolute atomic E-state index is 13.2. The average molecular weight is 472 g/mol. The molecule has 0 saturated carbocycles. The highest BCUT2D eigenvalue weighted by Gasteiger charge is 2.33. The van der Waals surface area contributed by atoms with E-state index >= 15 is 0 Å². The number of amides is 1. The molecule has 0 spiro atoms. The standard InChI is InChI=1S/C29H33N3O3/c1-6-34-25-13-11-22(12-14-25)17-26(24-9-7-8-23(16-24)18-30)21(3)32-28(33)29(4,5)35-27-15-10-20(2)19-31-27/h7-16,19,21,26H,6,17H2,1-5H3,(H,32,33). The fourth-order valence-corrected chi connectivity index (χ4v) is 3.87. The largest absolute Gasteiger partial charge is 0.494 e. The maximum Gasteiger partial charge on any atom is 0.263 e. The minimum atomic E-state index is -1.12. The SMILES string of the molecule is CCOc1ccc(CC(c2cccc(C#N)c2)C(C)NC(=O)C(C)(C)Oc2ccc(C)cn2)cc1. The van der Waals surface area contributed by atoms with E-state index < -0.39 is 5.60 Å². The summed E-state index contributed by atoms with van der Waals surface area (Å²) >= 11 is 0. The van der Waals surface area contributed by atoms with E-state index in [4.69, 9.17) is 9.47 Å². The summed E-state index contributed by atoms with van der Waals surface area (Å²) in [7, 11) is 0. The Hall–Kier alpha value is -3.85. The van der Waals surface area contributed by atoms with Crippen molar-refractivity contribution in [1.29, 1.82) is 5.26 Å². The highest BCUT2D eigenvalue weighted by molar-refractivity contribution is 5.85. The van der Waals surface area contributed by atoms with Gasteiger partial charge in [-0.1, -0.05) is 30.3 Å². The van der Waals surface area contributed by atoms with Crippen molar-refractivity contribution in [3.63, 3.8) is 0 Å². The lowest BCUT2D eigenvalue weighted by Crippen LogP contribution is -2.51. The van der Waals surface area contributed by atoms with Crippen LogP contribution in [-0.4, -0.2) is 29.1 Å². The number of carbonyl (C=O) groups is 1. The van der Waals surface area contributed by atoms with E-state index in [-0.39, 0.29) is 17.9 Å². The third-order valence-corrected chi connectivity index (χ3v) is 5.89.